The summed E-state index contributed by atoms with van der Waals surface area (Å²) >= 11 is 0. The molecule has 8 N–H and O–H groups in total. The van der Waals surface area contributed by atoms with Gasteiger partial charge in [-0.2, -0.15) is 0 Å². The first-order valence-electron chi connectivity index (χ1n) is 17.9. The summed E-state index contributed by atoms with van der Waals surface area (Å²) in [5, 5.41) is 23.1. The third-order valence-corrected chi connectivity index (χ3v) is 8.36. The molecule has 1 aromatic rings. The van der Waals surface area contributed by atoms with Gasteiger partial charge in [0.15, 0.2) is 0 Å². The van der Waals surface area contributed by atoms with Crippen molar-refractivity contribution in [2.45, 2.75) is 143 Å². The number of carboxylic acid groups (broad SMARTS) is 1. The summed E-state index contributed by atoms with van der Waals surface area (Å²) in [6.07, 6.45) is 0.333. The predicted molar refractivity (Wildman–Crippen MR) is 195 cm³/mol. The van der Waals surface area contributed by atoms with Crippen molar-refractivity contribution in [2.24, 2.45) is 23.5 Å². The molecule has 0 radical (unpaired) electrons. The topological polar surface area (TPSA) is 218 Å². The van der Waals surface area contributed by atoms with Gasteiger partial charge in [0.25, 0.3) is 0 Å². The van der Waals surface area contributed by atoms with Crippen molar-refractivity contribution in [1.29, 1.82) is 0 Å². The van der Waals surface area contributed by atoms with E-state index in [1.165, 1.54) is 0 Å². The first kappa shape index (κ1) is 44.8. The van der Waals surface area contributed by atoms with E-state index in [2.05, 4.69) is 26.6 Å². The number of carbonyl (C=O) groups is 6. The normalized spacial score (nSPS) is 15.7. The quantitative estimate of drug-likeness (QED) is 0.105. The van der Waals surface area contributed by atoms with Gasteiger partial charge in [-0.3, -0.25) is 19.2 Å². The zero-order valence-electron chi connectivity index (χ0n) is 32.0. The Morgan fingerprint density at radius 2 is 1.35 bits per heavy atom. The third kappa shape index (κ3) is 16.6. The average molecular weight is 719 g/mol. The number of nitrogens with one attached hydrogen (secondary N) is 5. The molecule has 0 heterocycles. The average Bonchev–Trinajstić information content (AvgIpc) is 3.02. The Labute approximate surface area is 303 Å². The van der Waals surface area contributed by atoms with Crippen LogP contribution in [0.5, 0.6) is 0 Å². The zero-order valence-corrected chi connectivity index (χ0v) is 32.0. The van der Waals surface area contributed by atoms with Crippen molar-refractivity contribution in [3.63, 3.8) is 0 Å². The van der Waals surface area contributed by atoms with Crippen LogP contribution in [0.25, 0.3) is 0 Å². The fourth-order valence-electron chi connectivity index (χ4n) is 5.29. The number of ether oxygens (including phenoxy) is 1. The van der Waals surface area contributed by atoms with E-state index in [0.29, 0.717) is 12.8 Å². The highest BCUT2D eigenvalue weighted by Crippen LogP contribution is 2.14. The molecule has 0 aromatic heterocycles. The molecule has 0 aliphatic rings. The number of rotatable bonds is 20. The maximum Gasteiger partial charge on any atom is 0.408 e. The lowest BCUT2D eigenvalue weighted by Gasteiger charge is -2.30. The van der Waals surface area contributed by atoms with Crippen LogP contribution in [0.15, 0.2) is 30.3 Å². The zero-order chi connectivity index (χ0) is 39.1. The van der Waals surface area contributed by atoms with Gasteiger partial charge in [0.2, 0.25) is 23.6 Å². The van der Waals surface area contributed by atoms with E-state index >= 15 is 0 Å². The Kier molecular flexibility index (Phi) is 18.7. The van der Waals surface area contributed by atoms with E-state index in [9.17, 15) is 33.9 Å². The maximum atomic E-state index is 13.7. The SMILES string of the molecule is CCC(NC(=O)C(CC(C)C)NC(=O)OC(C)(C)C)C(=O)NC(Cc1ccccc1)C(N)CC(=O)N[C@H](C(=O)NC(C(=O)O)C(C)C)[C@@H](C)CC. The highest BCUT2D eigenvalue weighted by Gasteiger charge is 2.34. The van der Waals surface area contributed by atoms with Crippen molar-refractivity contribution < 1.29 is 38.6 Å². The Morgan fingerprint density at radius 3 is 1.84 bits per heavy atom. The van der Waals surface area contributed by atoms with Gasteiger partial charge in [-0.25, -0.2) is 9.59 Å². The van der Waals surface area contributed by atoms with Gasteiger partial charge >= 0.3 is 12.1 Å². The van der Waals surface area contributed by atoms with E-state index in [1.54, 1.807) is 48.5 Å². The number of hydrogen-bond acceptors (Lipinski definition) is 8. The Balaban J connectivity index is 3.18. The minimum Gasteiger partial charge on any atom is -0.480 e. The van der Waals surface area contributed by atoms with E-state index in [0.717, 1.165) is 5.56 Å². The van der Waals surface area contributed by atoms with Gasteiger partial charge < -0.3 is 42.2 Å². The number of benzene rings is 1. The van der Waals surface area contributed by atoms with Crippen molar-refractivity contribution in [1.82, 2.24) is 26.6 Å². The fraction of sp³-hybridized carbons (Fsp3) is 0.676. The van der Waals surface area contributed by atoms with E-state index in [-0.39, 0.29) is 37.0 Å². The second-order valence-corrected chi connectivity index (χ2v) is 15.0. The molecule has 7 atom stereocenters. The second kappa shape index (κ2) is 21.2. The summed E-state index contributed by atoms with van der Waals surface area (Å²) in [7, 11) is 0. The second-order valence-electron chi connectivity index (χ2n) is 15.0. The van der Waals surface area contributed by atoms with E-state index in [4.69, 9.17) is 10.5 Å². The molecule has 0 aliphatic heterocycles. The molecule has 14 nitrogen and oxygen atoms in total. The lowest BCUT2D eigenvalue weighted by Crippen LogP contribution is -2.59. The van der Waals surface area contributed by atoms with Crippen LogP contribution in [-0.2, 0) is 35.1 Å². The number of aliphatic carboxylic acids is 1. The molecule has 288 valence electrons. The van der Waals surface area contributed by atoms with Crippen molar-refractivity contribution in [3.8, 4) is 0 Å². The molecule has 0 aliphatic carbocycles. The summed E-state index contributed by atoms with van der Waals surface area (Å²) < 4.78 is 5.34. The molecule has 0 saturated carbocycles. The number of nitrogens with two attached hydrogens (primary N) is 1. The minimum absolute atomic E-state index is 0.0452. The Bertz CT molecular complexity index is 1300. The van der Waals surface area contributed by atoms with E-state index < -0.39 is 77.5 Å². The molecular formula is C37H62N6O8. The van der Waals surface area contributed by atoms with Gasteiger partial charge in [-0.15, -0.1) is 0 Å². The molecule has 0 fully saturated rings. The maximum absolute atomic E-state index is 13.7. The molecule has 0 spiro atoms. The van der Waals surface area contributed by atoms with Crippen LogP contribution in [0.3, 0.4) is 0 Å². The number of hydrogen-bond donors (Lipinski definition) is 7. The van der Waals surface area contributed by atoms with Gasteiger partial charge in [0.1, 0.15) is 29.8 Å². The van der Waals surface area contributed by atoms with Crippen LogP contribution < -0.4 is 32.3 Å². The summed E-state index contributed by atoms with van der Waals surface area (Å²) in [5.41, 5.74) is 6.66. The summed E-state index contributed by atoms with van der Waals surface area (Å²) in [5.74, 6) is -4.05. The van der Waals surface area contributed by atoms with Gasteiger partial charge in [-0.1, -0.05) is 85.2 Å². The highest BCUT2D eigenvalue weighted by molar-refractivity contribution is 5.92. The predicted octanol–water partition coefficient (Wildman–Crippen LogP) is 3.02. The van der Waals surface area contributed by atoms with Crippen molar-refractivity contribution in [2.75, 3.05) is 0 Å². The van der Waals surface area contributed by atoms with Gasteiger partial charge in [-0.05, 0) is 63.4 Å². The summed E-state index contributed by atoms with van der Waals surface area (Å²) in [6, 6.07) is 3.52. The number of carboxylic acids is 1. The molecule has 1 rings (SSSR count). The van der Waals surface area contributed by atoms with Crippen molar-refractivity contribution >= 4 is 35.7 Å². The lowest BCUT2D eigenvalue weighted by atomic mass is 9.94. The Morgan fingerprint density at radius 1 is 0.765 bits per heavy atom. The van der Waals surface area contributed by atoms with Gasteiger partial charge in [0, 0.05) is 18.5 Å². The fourth-order valence-corrected chi connectivity index (χ4v) is 5.29. The molecule has 0 saturated heterocycles. The molecular weight excluding hydrogens is 656 g/mol. The largest absolute Gasteiger partial charge is 0.480 e. The lowest BCUT2D eigenvalue weighted by molar-refractivity contribution is -0.143. The van der Waals surface area contributed by atoms with Crippen molar-refractivity contribution in [3.05, 3.63) is 35.9 Å². The van der Waals surface area contributed by atoms with Gasteiger partial charge in [0.05, 0.1) is 0 Å². The monoisotopic (exact) mass is 718 g/mol. The molecule has 51 heavy (non-hydrogen) atoms. The molecule has 5 unspecified atom stereocenters. The summed E-state index contributed by atoms with van der Waals surface area (Å²) in [4.78, 5) is 77.8. The smallest absolute Gasteiger partial charge is 0.408 e. The van der Waals surface area contributed by atoms with E-state index in [1.807, 2.05) is 51.1 Å². The van der Waals surface area contributed by atoms with Crippen LogP contribution in [0.2, 0.25) is 0 Å². The van der Waals surface area contributed by atoms with Crippen LogP contribution in [-0.4, -0.2) is 82.6 Å². The standard InChI is InChI=1S/C37H62N6O8/c1-11-23(7)31(34(47)43-30(22(5)6)35(48)49)42-29(44)20-25(38)27(19-24-16-14-13-15-17-24)40-32(45)26(12-2)39-33(46)28(18-21(3)4)41-36(50)51-37(8,9)10/h13-17,21-23,25-28,30-31H,11-12,18-20,38H2,1-10H3,(H,39,46)(H,40,45)(H,41,50)(H,42,44)(H,43,47)(H,48,49)/t23-,25?,26?,27?,28?,30?,31-/m0/s1. The molecule has 14 heteroatoms. The Hall–Kier alpha value is -4.20. The van der Waals surface area contributed by atoms with Crippen LogP contribution in [0, 0.1) is 17.8 Å². The van der Waals surface area contributed by atoms with Crippen LogP contribution in [0.4, 0.5) is 4.79 Å². The van der Waals surface area contributed by atoms with Crippen LogP contribution >= 0.6 is 0 Å². The first-order valence-corrected chi connectivity index (χ1v) is 17.9. The number of alkyl carbamates (subject to hydrolysis) is 1. The molecule has 1 aromatic carbocycles. The van der Waals surface area contributed by atoms with Crippen LogP contribution in [0.1, 0.15) is 100 Å². The number of carbonyl (C=O) groups excluding carboxylic acids is 5. The number of amides is 5. The third-order valence-electron chi connectivity index (χ3n) is 8.36. The minimum atomic E-state index is -1.18. The first-order chi connectivity index (χ1) is 23.7. The highest BCUT2D eigenvalue weighted by atomic mass is 16.6. The molecule has 0 bridgehead atoms. The molecule has 5 amide bonds. The summed E-state index contributed by atoms with van der Waals surface area (Å²) in [6.45, 7) is 17.7.